The van der Waals surface area contributed by atoms with Crippen LogP contribution in [0.4, 0.5) is 5.69 Å². The molecule has 0 atom stereocenters. The number of nitrogens with one attached hydrogen (secondary N) is 2. The van der Waals surface area contributed by atoms with E-state index in [9.17, 15) is 8.42 Å². The lowest BCUT2D eigenvalue weighted by Crippen LogP contribution is -2.23. The lowest BCUT2D eigenvalue weighted by Gasteiger charge is -2.07. The number of hydrogen-bond acceptors (Lipinski definition) is 4. The highest BCUT2D eigenvalue weighted by Crippen LogP contribution is 2.22. The lowest BCUT2D eigenvalue weighted by molar-refractivity contribution is 0.580. The molecule has 0 amide bonds. The van der Waals surface area contributed by atoms with Crippen molar-refractivity contribution in [2.75, 3.05) is 5.73 Å². The zero-order valence-electron chi connectivity index (χ0n) is 9.22. The SMILES string of the molecule is Nc1cc(S(=O)(=O)NCc2cnc[nH]2)ccc1Cl. The van der Waals surface area contributed by atoms with Crippen LogP contribution in [-0.4, -0.2) is 18.4 Å². The van der Waals surface area contributed by atoms with Gasteiger partial charge in [0.05, 0.1) is 28.5 Å². The third-order valence-electron chi connectivity index (χ3n) is 2.29. The van der Waals surface area contributed by atoms with Crippen LogP contribution >= 0.6 is 11.6 Å². The predicted molar refractivity (Wildman–Crippen MR) is 68.5 cm³/mol. The number of nitrogens with zero attached hydrogens (tertiary/aromatic N) is 1. The predicted octanol–water partition coefficient (Wildman–Crippen LogP) is 1.12. The van der Waals surface area contributed by atoms with Crippen LogP contribution in [-0.2, 0) is 16.6 Å². The number of sulfonamides is 1. The van der Waals surface area contributed by atoms with Crippen LogP contribution in [0.3, 0.4) is 0 Å². The zero-order valence-corrected chi connectivity index (χ0v) is 10.8. The van der Waals surface area contributed by atoms with Crippen molar-refractivity contribution in [2.24, 2.45) is 0 Å². The lowest BCUT2D eigenvalue weighted by atomic mass is 10.3. The van der Waals surface area contributed by atoms with E-state index in [1.807, 2.05) is 0 Å². The van der Waals surface area contributed by atoms with E-state index in [1.165, 1.54) is 24.5 Å². The topological polar surface area (TPSA) is 101 Å². The summed E-state index contributed by atoms with van der Waals surface area (Å²) in [6.45, 7) is 0.130. The van der Waals surface area contributed by atoms with Gasteiger partial charge in [0.2, 0.25) is 10.0 Å². The minimum Gasteiger partial charge on any atom is -0.397 e. The minimum atomic E-state index is -3.61. The third kappa shape index (κ3) is 2.81. The van der Waals surface area contributed by atoms with Crippen LogP contribution in [0.25, 0.3) is 0 Å². The van der Waals surface area contributed by atoms with Gasteiger partial charge in [-0.3, -0.25) is 0 Å². The number of nitrogens with two attached hydrogens (primary N) is 1. The molecular formula is C10H11ClN4O2S. The summed E-state index contributed by atoms with van der Waals surface area (Å²) < 4.78 is 26.3. The van der Waals surface area contributed by atoms with Crippen LogP contribution in [0.2, 0.25) is 5.02 Å². The van der Waals surface area contributed by atoms with E-state index in [0.717, 1.165) is 0 Å². The summed E-state index contributed by atoms with van der Waals surface area (Å²) in [6.07, 6.45) is 3.02. The van der Waals surface area contributed by atoms with Crippen molar-refractivity contribution in [3.8, 4) is 0 Å². The molecule has 8 heteroatoms. The molecule has 0 saturated heterocycles. The molecule has 0 bridgehead atoms. The fourth-order valence-electron chi connectivity index (χ4n) is 1.33. The van der Waals surface area contributed by atoms with E-state index in [1.54, 1.807) is 6.20 Å². The summed E-state index contributed by atoms with van der Waals surface area (Å²) in [6, 6.07) is 4.16. The molecule has 0 saturated carbocycles. The van der Waals surface area contributed by atoms with Crippen LogP contribution in [0.15, 0.2) is 35.6 Å². The highest BCUT2D eigenvalue weighted by Gasteiger charge is 2.15. The Labute approximate surface area is 109 Å². The first-order valence-corrected chi connectivity index (χ1v) is 6.87. The highest BCUT2D eigenvalue weighted by molar-refractivity contribution is 7.89. The van der Waals surface area contributed by atoms with Gasteiger partial charge in [-0.15, -0.1) is 0 Å². The maximum absolute atomic E-state index is 11.9. The smallest absolute Gasteiger partial charge is 0.240 e. The molecular weight excluding hydrogens is 276 g/mol. The molecule has 4 N–H and O–H groups in total. The van der Waals surface area contributed by atoms with Gasteiger partial charge in [0.1, 0.15) is 0 Å². The van der Waals surface area contributed by atoms with Gasteiger partial charge in [0, 0.05) is 11.9 Å². The van der Waals surface area contributed by atoms with Gasteiger partial charge in [-0.05, 0) is 18.2 Å². The van der Waals surface area contributed by atoms with Gasteiger partial charge in [0.15, 0.2) is 0 Å². The van der Waals surface area contributed by atoms with Crippen molar-refractivity contribution in [1.29, 1.82) is 0 Å². The second-order valence-corrected chi connectivity index (χ2v) is 5.76. The molecule has 1 aromatic heterocycles. The largest absolute Gasteiger partial charge is 0.397 e. The van der Waals surface area contributed by atoms with Crippen molar-refractivity contribution in [2.45, 2.75) is 11.4 Å². The molecule has 0 radical (unpaired) electrons. The monoisotopic (exact) mass is 286 g/mol. The molecule has 0 unspecified atom stereocenters. The van der Waals surface area contributed by atoms with Gasteiger partial charge in [-0.25, -0.2) is 18.1 Å². The van der Waals surface area contributed by atoms with E-state index < -0.39 is 10.0 Å². The van der Waals surface area contributed by atoms with Crippen molar-refractivity contribution in [1.82, 2.24) is 14.7 Å². The number of aromatic nitrogens is 2. The summed E-state index contributed by atoms with van der Waals surface area (Å²) in [5, 5.41) is 0.322. The van der Waals surface area contributed by atoms with Gasteiger partial charge in [0.25, 0.3) is 0 Å². The number of rotatable bonds is 4. The molecule has 1 heterocycles. The first-order valence-electron chi connectivity index (χ1n) is 5.01. The Kier molecular flexibility index (Phi) is 3.55. The van der Waals surface area contributed by atoms with Crippen LogP contribution in [0.1, 0.15) is 5.69 Å². The van der Waals surface area contributed by atoms with E-state index in [4.69, 9.17) is 17.3 Å². The first kappa shape index (κ1) is 12.9. The number of H-pyrrole nitrogens is 1. The number of halogens is 1. The molecule has 18 heavy (non-hydrogen) atoms. The zero-order chi connectivity index (χ0) is 13.2. The van der Waals surface area contributed by atoms with Gasteiger partial charge in [-0.1, -0.05) is 11.6 Å². The summed E-state index contributed by atoms with van der Waals surface area (Å²) >= 11 is 5.74. The third-order valence-corrected chi connectivity index (χ3v) is 4.03. The Balaban J connectivity index is 2.17. The number of aromatic amines is 1. The number of imidazole rings is 1. The standard InChI is InChI=1S/C10H11ClN4O2S/c11-9-2-1-8(3-10(9)12)18(16,17)15-5-7-4-13-6-14-7/h1-4,6,15H,5,12H2,(H,13,14). The first-order chi connectivity index (χ1) is 8.49. The second-order valence-electron chi connectivity index (χ2n) is 3.58. The van der Waals surface area contributed by atoms with Crippen molar-refractivity contribution in [3.05, 3.63) is 41.4 Å². The molecule has 0 aliphatic carbocycles. The molecule has 0 fully saturated rings. The van der Waals surface area contributed by atoms with Crippen LogP contribution in [0.5, 0.6) is 0 Å². The maximum Gasteiger partial charge on any atom is 0.240 e. The average Bonchev–Trinajstić information content (AvgIpc) is 2.83. The van der Waals surface area contributed by atoms with Gasteiger partial charge < -0.3 is 10.7 Å². The summed E-state index contributed by atoms with van der Waals surface area (Å²) in [5.41, 5.74) is 6.46. The molecule has 6 nitrogen and oxygen atoms in total. The molecule has 2 aromatic rings. The molecule has 2 rings (SSSR count). The summed E-state index contributed by atoms with van der Waals surface area (Å²) in [5.74, 6) is 0. The number of hydrogen-bond donors (Lipinski definition) is 3. The fraction of sp³-hybridized carbons (Fsp3) is 0.100. The van der Waals surface area contributed by atoms with Crippen molar-refractivity contribution in [3.63, 3.8) is 0 Å². The van der Waals surface area contributed by atoms with Crippen molar-refractivity contribution < 1.29 is 8.42 Å². The van der Waals surface area contributed by atoms with E-state index >= 15 is 0 Å². The Morgan fingerprint density at radius 1 is 1.44 bits per heavy atom. The summed E-state index contributed by atoms with van der Waals surface area (Å²) in [7, 11) is -3.61. The maximum atomic E-state index is 11.9. The Bertz CT molecular complexity index is 640. The normalized spacial score (nSPS) is 11.6. The molecule has 96 valence electrons. The van der Waals surface area contributed by atoms with Crippen LogP contribution in [0, 0.1) is 0 Å². The fourth-order valence-corrected chi connectivity index (χ4v) is 2.49. The second kappa shape index (κ2) is 4.97. The van der Waals surface area contributed by atoms with E-state index in [-0.39, 0.29) is 17.1 Å². The van der Waals surface area contributed by atoms with E-state index in [0.29, 0.717) is 10.7 Å². The molecule has 0 spiro atoms. The Hall–Kier alpha value is -1.57. The summed E-state index contributed by atoms with van der Waals surface area (Å²) in [4.78, 5) is 6.66. The minimum absolute atomic E-state index is 0.0731. The molecule has 1 aromatic carbocycles. The van der Waals surface area contributed by atoms with E-state index in [2.05, 4.69) is 14.7 Å². The number of anilines is 1. The quantitative estimate of drug-likeness (QED) is 0.733. The van der Waals surface area contributed by atoms with Gasteiger partial charge in [-0.2, -0.15) is 0 Å². The highest BCUT2D eigenvalue weighted by atomic mass is 35.5. The van der Waals surface area contributed by atoms with Crippen molar-refractivity contribution >= 4 is 27.3 Å². The Morgan fingerprint density at radius 3 is 2.83 bits per heavy atom. The molecule has 0 aliphatic rings. The average molecular weight is 287 g/mol. The van der Waals surface area contributed by atoms with Gasteiger partial charge >= 0.3 is 0 Å². The van der Waals surface area contributed by atoms with Crippen LogP contribution < -0.4 is 10.5 Å². The Morgan fingerprint density at radius 2 is 2.22 bits per heavy atom. The molecule has 0 aliphatic heterocycles. The number of benzene rings is 1. The number of nitrogen functional groups attached to an aromatic ring is 1.